The standard InChI is InChI=1S/C21H19BrN2O5/c1-3-25-18-6-11(5-14(22)20(18)26-4-2)19-12-7-16-17(28-10-27-16)8-15(12)29-21(24)13(19)9-23/h5-8,19H,3-4,10,24H2,1-2H3/t19-/m0/s1. The van der Waals surface area contributed by atoms with Gasteiger partial charge in [-0.3, -0.25) is 0 Å². The van der Waals surface area contributed by atoms with Gasteiger partial charge in [0.05, 0.1) is 23.6 Å². The maximum absolute atomic E-state index is 9.80. The van der Waals surface area contributed by atoms with Crippen LogP contribution < -0.4 is 29.4 Å². The van der Waals surface area contributed by atoms with Crippen molar-refractivity contribution in [1.29, 1.82) is 5.26 Å². The molecular weight excluding hydrogens is 440 g/mol. The predicted molar refractivity (Wildman–Crippen MR) is 108 cm³/mol. The highest BCUT2D eigenvalue weighted by molar-refractivity contribution is 9.10. The molecule has 2 aliphatic heterocycles. The molecule has 0 aliphatic carbocycles. The molecule has 0 radical (unpaired) electrons. The maximum atomic E-state index is 9.80. The second kappa shape index (κ2) is 7.76. The number of benzene rings is 2. The number of allylic oxidation sites excluding steroid dienone is 1. The van der Waals surface area contributed by atoms with Gasteiger partial charge in [-0.15, -0.1) is 0 Å². The minimum Gasteiger partial charge on any atom is -0.490 e. The van der Waals surface area contributed by atoms with Gasteiger partial charge in [0.25, 0.3) is 0 Å². The highest BCUT2D eigenvalue weighted by Gasteiger charge is 2.34. The van der Waals surface area contributed by atoms with Crippen LogP contribution in [0.4, 0.5) is 0 Å². The fraction of sp³-hybridized carbons (Fsp3) is 0.286. The summed E-state index contributed by atoms with van der Waals surface area (Å²) in [4.78, 5) is 0. The first-order valence-electron chi connectivity index (χ1n) is 9.17. The van der Waals surface area contributed by atoms with Crippen LogP contribution in [0.15, 0.2) is 40.2 Å². The molecule has 1 atom stereocenters. The Morgan fingerprint density at radius 2 is 1.83 bits per heavy atom. The van der Waals surface area contributed by atoms with Crippen molar-refractivity contribution in [2.24, 2.45) is 5.73 Å². The van der Waals surface area contributed by atoms with Crippen LogP contribution in [0.2, 0.25) is 0 Å². The number of nitrogens with zero attached hydrogens (tertiary/aromatic N) is 1. The van der Waals surface area contributed by atoms with Crippen molar-refractivity contribution in [3.8, 4) is 34.8 Å². The van der Waals surface area contributed by atoms with Gasteiger partial charge in [0.15, 0.2) is 23.0 Å². The first-order chi connectivity index (χ1) is 14.1. The van der Waals surface area contributed by atoms with Crippen molar-refractivity contribution in [3.05, 3.63) is 51.3 Å². The molecule has 0 aromatic heterocycles. The van der Waals surface area contributed by atoms with E-state index in [0.717, 1.165) is 15.6 Å². The summed E-state index contributed by atoms with van der Waals surface area (Å²) in [6.45, 7) is 4.92. The average molecular weight is 459 g/mol. The van der Waals surface area contributed by atoms with Gasteiger partial charge in [0, 0.05) is 11.6 Å². The lowest BCUT2D eigenvalue weighted by Crippen LogP contribution is -2.21. The van der Waals surface area contributed by atoms with E-state index in [1.807, 2.05) is 32.0 Å². The van der Waals surface area contributed by atoms with Crippen LogP contribution in [0, 0.1) is 11.3 Å². The first kappa shape index (κ1) is 19.3. The van der Waals surface area contributed by atoms with E-state index in [0.29, 0.717) is 47.5 Å². The lowest BCUT2D eigenvalue weighted by Gasteiger charge is -2.27. The minimum atomic E-state index is -0.454. The fourth-order valence-corrected chi connectivity index (χ4v) is 4.07. The third-order valence-electron chi connectivity index (χ3n) is 4.66. The number of rotatable bonds is 5. The number of hydrogen-bond donors (Lipinski definition) is 1. The number of nitrogens with two attached hydrogens (primary N) is 1. The van der Waals surface area contributed by atoms with Crippen molar-refractivity contribution in [1.82, 2.24) is 0 Å². The summed E-state index contributed by atoms with van der Waals surface area (Å²) in [5.41, 5.74) is 7.97. The second-order valence-corrected chi connectivity index (χ2v) is 7.22. The number of halogens is 1. The zero-order valence-electron chi connectivity index (χ0n) is 16.0. The zero-order chi connectivity index (χ0) is 20.5. The first-order valence-corrected chi connectivity index (χ1v) is 9.96. The molecule has 0 saturated carbocycles. The van der Waals surface area contributed by atoms with E-state index in [4.69, 9.17) is 29.4 Å². The topological polar surface area (TPSA) is 96.0 Å². The van der Waals surface area contributed by atoms with Crippen molar-refractivity contribution in [2.75, 3.05) is 20.0 Å². The van der Waals surface area contributed by atoms with Crippen molar-refractivity contribution >= 4 is 15.9 Å². The average Bonchev–Trinajstić information content (AvgIpc) is 3.15. The molecule has 2 aromatic carbocycles. The van der Waals surface area contributed by atoms with Crippen LogP contribution in [0.3, 0.4) is 0 Å². The van der Waals surface area contributed by atoms with Crippen molar-refractivity contribution in [2.45, 2.75) is 19.8 Å². The monoisotopic (exact) mass is 458 g/mol. The number of nitriles is 1. The second-order valence-electron chi connectivity index (χ2n) is 6.36. The third kappa shape index (κ3) is 3.32. The summed E-state index contributed by atoms with van der Waals surface area (Å²) in [6.07, 6.45) is 0. The lowest BCUT2D eigenvalue weighted by atomic mass is 9.83. The molecular formula is C21H19BrN2O5. The summed E-state index contributed by atoms with van der Waals surface area (Å²) in [5.74, 6) is 2.52. The lowest BCUT2D eigenvalue weighted by molar-refractivity contribution is 0.174. The van der Waals surface area contributed by atoms with E-state index >= 15 is 0 Å². The number of ether oxygens (including phenoxy) is 5. The van der Waals surface area contributed by atoms with E-state index in [1.54, 1.807) is 6.07 Å². The van der Waals surface area contributed by atoms with Gasteiger partial charge in [0.1, 0.15) is 17.4 Å². The molecule has 0 amide bonds. The molecule has 0 fully saturated rings. The molecule has 2 aromatic rings. The molecule has 0 unspecified atom stereocenters. The molecule has 0 bridgehead atoms. The normalized spacial score (nSPS) is 16.7. The van der Waals surface area contributed by atoms with E-state index in [2.05, 4.69) is 22.0 Å². The Morgan fingerprint density at radius 3 is 2.52 bits per heavy atom. The summed E-state index contributed by atoms with van der Waals surface area (Å²) in [5, 5.41) is 9.80. The Bertz CT molecular complexity index is 1040. The largest absolute Gasteiger partial charge is 0.490 e. The molecule has 0 spiro atoms. The Kier molecular flexibility index (Phi) is 5.16. The summed E-state index contributed by atoms with van der Waals surface area (Å²) in [6, 6.07) is 9.53. The zero-order valence-corrected chi connectivity index (χ0v) is 17.5. The predicted octanol–water partition coefficient (Wildman–Crippen LogP) is 4.19. The molecule has 7 nitrogen and oxygen atoms in total. The molecule has 2 N–H and O–H groups in total. The Balaban J connectivity index is 1.90. The van der Waals surface area contributed by atoms with E-state index < -0.39 is 5.92 Å². The Hall–Kier alpha value is -3.05. The summed E-state index contributed by atoms with van der Waals surface area (Å²) in [7, 11) is 0. The van der Waals surface area contributed by atoms with E-state index in [1.165, 1.54) is 0 Å². The number of fused-ring (bicyclic) bond motifs is 2. The Morgan fingerprint density at radius 1 is 1.10 bits per heavy atom. The molecule has 8 heteroatoms. The fourth-order valence-electron chi connectivity index (χ4n) is 3.49. The van der Waals surface area contributed by atoms with E-state index in [9.17, 15) is 5.26 Å². The highest BCUT2D eigenvalue weighted by atomic mass is 79.9. The quantitative estimate of drug-likeness (QED) is 0.716. The van der Waals surface area contributed by atoms with Crippen LogP contribution >= 0.6 is 15.9 Å². The summed E-state index contributed by atoms with van der Waals surface area (Å²) < 4.78 is 28.9. The van der Waals surface area contributed by atoms with Crippen LogP contribution in [0.1, 0.15) is 30.9 Å². The molecule has 150 valence electrons. The molecule has 4 rings (SSSR count). The molecule has 0 saturated heterocycles. The van der Waals surface area contributed by atoms with Crippen LogP contribution in [0.5, 0.6) is 28.7 Å². The third-order valence-corrected chi connectivity index (χ3v) is 5.25. The van der Waals surface area contributed by atoms with Gasteiger partial charge in [0.2, 0.25) is 12.7 Å². The number of hydrogen-bond acceptors (Lipinski definition) is 7. The van der Waals surface area contributed by atoms with Crippen molar-refractivity contribution < 1.29 is 23.7 Å². The highest BCUT2D eigenvalue weighted by Crippen LogP contribution is 2.49. The van der Waals surface area contributed by atoms with Gasteiger partial charge in [-0.1, -0.05) is 0 Å². The van der Waals surface area contributed by atoms with Gasteiger partial charge >= 0.3 is 0 Å². The minimum absolute atomic E-state index is 0.0619. The SMILES string of the molecule is CCOc1cc([C@@H]2C(C#N)=C(N)Oc3cc4c(cc32)OCO4)cc(Br)c1OCC. The van der Waals surface area contributed by atoms with Crippen LogP contribution in [0.25, 0.3) is 0 Å². The van der Waals surface area contributed by atoms with Crippen molar-refractivity contribution in [3.63, 3.8) is 0 Å². The van der Waals surface area contributed by atoms with Crippen LogP contribution in [-0.4, -0.2) is 20.0 Å². The van der Waals surface area contributed by atoms with Gasteiger partial charge < -0.3 is 29.4 Å². The van der Waals surface area contributed by atoms with Gasteiger partial charge in [-0.2, -0.15) is 5.26 Å². The molecule has 2 heterocycles. The smallest absolute Gasteiger partial charge is 0.231 e. The summed E-state index contributed by atoms with van der Waals surface area (Å²) >= 11 is 3.57. The van der Waals surface area contributed by atoms with Gasteiger partial charge in [-0.25, -0.2) is 0 Å². The molecule has 29 heavy (non-hydrogen) atoms. The maximum Gasteiger partial charge on any atom is 0.231 e. The van der Waals surface area contributed by atoms with E-state index in [-0.39, 0.29) is 12.7 Å². The van der Waals surface area contributed by atoms with Gasteiger partial charge in [-0.05, 0) is 53.5 Å². The Labute approximate surface area is 176 Å². The van der Waals surface area contributed by atoms with Crippen LogP contribution in [-0.2, 0) is 0 Å². The molecule has 2 aliphatic rings.